The summed E-state index contributed by atoms with van der Waals surface area (Å²) in [6, 6.07) is 3.96. The fraction of sp³-hybridized carbons (Fsp3) is 0.167. The predicted octanol–water partition coefficient (Wildman–Crippen LogP) is 2.43. The van der Waals surface area contributed by atoms with Crippen molar-refractivity contribution < 1.29 is 0 Å². The number of thiophene rings is 1. The van der Waals surface area contributed by atoms with Gasteiger partial charge in [0, 0.05) is 18.3 Å². The number of nitrogens with zero attached hydrogens (tertiary/aromatic N) is 1. The highest BCUT2D eigenvalue weighted by Gasteiger charge is 2.03. The first-order chi connectivity index (χ1) is 8.27. The molecule has 2 aromatic rings. The lowest BCUT2D eigenvalue weighted by Crippen LogP contribution is -2.14. The van der Waals surface area contributed by atoms with Crippen molar-refractivity contribution in [3.63, 3.8) is 0 Å². The average Bonchev–Trinajstić information content (AvgIpc) is 2.82. The number of nitrogens with two attached hydrogens (primary N) is 1. The van der Waals surface area contributed by atoms with E-state index in [2.05, 4.69) is 27.1 Å². The van der Waals surface area contributed by atoms with Crippen molar-refractivity contribution in [1.29, 1.82) is 0 Å². The van der Waals surface area contributed by atoms with Gasteiger partial charge in [0.15, 0.2) is 0 Å². The maximum absolute atomic E-state index is 5.65. The van der Waals surface area contributed by atoms with Gasteiger partial charge in [0.05, 0.1) is 11.9 Å². The van der Waals surface area contributed by atoms with Crippen molar-refractivity contribution >= 4 is 34.2 Å². The molecular weight excluding hydrogens is 250 g/mol. The SMILES string of the molecule is NC(=S)c1ccncc1NCCc1ccsc1. The van der Waals surface area contributed by atoms with E-state index in [-0.39, 0.29) is 0 Å². The van der Waals surface area contributed by atoms with Crippen molar-refractivity contribution in [3.05, 3.63) is 46.4 Å². The first-order valence-corrected chi connectivity index (χ1v) is 6.61. The van der Waals surface area contributed by atoms with Crippen LogP contribution in [0.15, 0.2) is 35.3 Å². The molecule has 0 unspecified atom stereocenters. The van der Waals surface area contributed by atoms with E-state index in [4.69, 9.17) is 18.0 Å². The van der Waals surface area contributed by atoms with Gasteiger partial charge >= 0.3 is 0 Å². The zero-order valence-corrected chi connectivity index (χ0v) is 10.9. The van der Waals surface area contributed by atoms with Crippen molar-refractivity contribution in [2.24, 2.45) is 5.73 Å². The molecule has 3 N–H and O–H groups in total. The lowest BCUT2D eigenvalue weighted by Gasteiger charge is -2.09. The van der Waals surface area contributed by atoms with Gasteiger partial charge in [0.1, 0.15) is 4.99 Å². The number of anilines is 1. The molecule has 0 spiro atoms. The van der Waals surface area contributed by atoms with Gasteiger partial charge in [-0.25, -0.2) is 0 Å². The van der Waals surface area contributed by atoms with Crippen LogP contribution in [0, 0.1) is 0 Å². The standard InChI is InChI=1S/C12H13N3S2/c13-12(16)10-2-4-14-7-11(10)15-5-1-9-3-6-17-8-9/h2-4,6-8,15H,1,5H2,(H2,13,16). The molecule has 2 heterocycles. The molecule has 0 aliphatic rings. The van der Waals surface area contributed by atoms with Gasteiger partial charge in [-0.3, -0.25) is 4.98 Å². The van der Waals surface area contributed by atoms with Crippen LogP contribution < -0.4 is 11.1 Å². The van der Waals surface area contributed by atoms with E-state index in [0.717, 1.165) is 24.2 Å². The molecule has 0 saturated heterocycles. The Morgan fingerprint density at radius 2 is 2.35 bits per heavy atom. The average molecular weight is 263 g/mol. The lowest BCUT2D eigenvalue weighted by molar-refractivity contribution is 1.02. The fourth-order valence-electron chi connectivity index (χ4n) is 1.53. The first-order valence-electron chi connectivity index (χ1n) is 5.26. The van der Waals surface area contributed by atoms with Crippen molar-refractivity contribution in [3.8, 4) is 0 Å². The summed E-state index contributed by atoms with van der Waals surface area (Å²) < 4.78 is 0. The Morgan fingerprint density at radius 3 is 3.06 bits per heavy atom. The zero-order chi connectivity index (χ0) is 12.1. The Hall–Kier alpha value is -1.46. The molecule has 0 aliphatic heterocycles. The molecule has 2 rings (SSSR count). The summed E-state index contributed by atoms with van der Waals surface area (Å²) in [5, 5.41) is 7.54. The summed E-state index contributed by atoms with van der Waals surface area (Å²) in [6.07, 6.45) is 4.43. The summed E-state index contributed by atoms with van der Waals surface area (Å²) in [5.74, 6) is 0. The molecule has 0 aliphatic carbocycles. The highest BCUT2D eigenvalue weighted by Crippen LogP contribution is 2.13. The molecule has 0 bridgehead atoms. The van der Waals surface area contributed by atoms with Crippen LogP contribution in [-0.4, -0.2) is 16.5 Å². The van der Waals surface area contributed by atoms with Crippen LogP contribution in [0.3, 0.4) is 0 Å². The van der Waals surface area contributed by atoms with Gasteiger partial charge in [0.25, 0.3) is 0 Å². The Balaban J connectivity index is 1.97. The molecule has 2 aromatic heterocycles. The topological polar surface area (TPSA) is 50.9 Å². The molecule has 0 fully saturated rings. The summed E-state index contributed by atoms with van der Waals surface area (Å²) in [6.45, 7) is 0.845. The van der Waals surface area contributed by atoms with Crippen molar-refractivity contribution in [2.75, 3.05) is 11.9 Å². The van der Waals surface area contributed by atoms with Gasteiger partial charge in [-0.1, -0.05) is 12.2 Å². The molecule has 17 heavy (non-hydrogen) atoms. The van der Waals surface area contributed by atoms with Crippen LogP contribution >= 0.6 is 23.6 Å². The molecule has 0 atom stereocenters. The van der Waals surface area contributed by atoms with Crippen LogP contribution in [0.5, 0.6) is 0 Å². The highest BCUT2D eigenvalue weighted by molar-refractivity contribution is 7.80. The smallest absolute Gasteiger partial charge is 0.106 e. The molecule has 5 heteroatoms. The van der Waals surface area contributed by atoms with E-state index in [9.17, 15) is 0 Å². The summed E-state index contributed by atoms with van der Waals surface area (Å²) >= 11 is 6.70. The second-order valence-electron chi connectivity index (χ2n) is 3.59. The first kappa shape index (κ1) is 12.0. The number of nitrogens with one attached hydrogen (secondary N) is 1. The normalized spacial score (nSPS) is 10.1. The van der Waals surface area contributed by atoms with Gasteiger partial charge in [-0.2, -0.15) is 11.3 Å². The molecule has 0 aromatic carbocycles. The van der Waals surface area contributed by atoms with E-state index in [0.29, 0.717) is 4.99 Å². The van der Waals surface area contributed by atoms with E-state index < -0.39 is 0 Å². The van der Waals surface area contributed by atoms with Crippen LogP contribution in [0.25, 0.3) is 0 Å². The monoisotopic (exact) mass is 263 g/mol. The molecule has 88 valence electrons. The fourth-order valence-corrected chi connectivity index (χ4v) is 2.41. The molecular formula is C12H13N3S2. The summed E-state index contributed by atoms with van der Waals surface area (Å²) in [5.41, 5.74) is 8.73. The van der Waals surface area contributed by atoms with Crippen LogP contribution in [0.2, 0.25) is 0 Å². The molecule has 0 saturated carbocycles. The lowest BCUT2D eigenvalue weighted by atomic mass is 10.2. The number of aromatic nitrogens is 1. The summed E-state index contributed by atoms with van der Waals surface area (Å²) in [4.78, 5) is 4.46. The molecule has 3 nitrogen and oxygen atoms in total. The van der Waals surface area contributed by atoms with Crippen LogP contribution in [0.4, 0.5) is 5.69 Å². The minimum atomic E-state index is 0.394. The third kappa shape index (κ3) is 3.25. The second kappa shape index (κ2) is 5.75. The minimum absolute atomic E-state index is 0.394. The van der Waals surface area contributed by atoms with Crippen molar-refractivity contribution in [2.45, 2.75) is 6.42 Å². The van der Waals surface area contributed by atoms with Gasteiger partial charge < -0.3 is 11.1 Å². The Kier molecular flexibility index (Phi) is 4.06. The van der Waals surface area contributed by atoms with E-state index >= 15 is 0 Å². The number of hydrogen-bond acceptors (Lipinski definition) is 4. The van der Waals surface area contributed by atoms with Gasteiger partial charge in [-0.05, 0) is 34.9 Å². The maximum atomic E-state index is 5.65. The quantitative estimate of drug-likeness (QED) is 0.814. The maximum Gasteiger partial charge on any atom is 0.106 e. The van der Waals surface area contributed by atoms with E-state index in [1.165, 1.54) is 5.56 Å². The third-order valence-electron chi connectivity index (χ3n) is 2.40. The third-order valence-corrected chi connectivity index (χ3v) is 3.35. The number of thiocarbonyl (C=S) groups is 1. The van der Waals surface area contributed by atoms with Crippen molar-refractivity contribution in [1.82, 2.24) is 4.98 Å². The number of pyridine rings is 1. The van der Waals surface area contributed by atoms with Gasteiger partial charge in [-0.15, -0.1) is 0 Å². The highest BCUT2D eigenvalue weighted by atomic mass is 32.1. The van der Waals surface area contributed by atoms with E-state index in [1.807, 2.05) is 6.07 Å². The van der Waals surface area contributed by atoms with Crippen LogP contribution in [-0.2, 0) is 6.42 Å². The van der Waals surface area contributed by atoms with Crippen LogP contribution in [0.1, 0.15) is 11.1 Å². The Labute approximate surface area is 110 Å². The minimum Gasteiger partial charge on any atom is -0.389 e. The van der Waals surface area contributed by atoms with Gasteiger partial charge in [0.2, 0.25) is 0 Å². The predicted molar refractivity (Wildman–Crippen MR) is 76.6 cm³/mol. The Bertz CT molecular complexity index is 494. The molecule has 0 amide bonds. The number of rotatable bonds is 5. The number of hydrogen-bond donors (Lipinski definition) is 2. The summed E-state index contributed by atoms with van der Waals surface area (Å²) in [7, 11) is 0. The Morgan fingerprint density at radius 1 is 1.47 bits per heavy atom. The van der Waals surface area contributed by atoms with E-state index in [1.54, 1.807) is 23.7 Å². The molecule has 0 radical (unpaired) electrons. The largest absolute Gasteiger partial charge is 0.389 e. The second-order valence-corrected chi connectivity index (χ2v) is 4.81. The zero-order valence-electron chi connectivity index (χ0n) is 9.22.